The second kappa shape index (κ2) is 20.0. The number of benzene rings is 1. The number of guanidine groups is 2. The average Bonchev–Trinajstić information content (AvgIpc) is 3.78. The summed E-state index contributed by atoms with van der Waals surface area (Å²) in [4.78, 5) is 70.8. The van der Waals surface area contributed by atoms with E-state index in [2.05, 4.69) is 30.4 Å². The van der Waals surface area contributed by atoms with Crippen LogP contribution in [-0.2, 0) is 19.2 Å². The molecule has 16 heteroatoms. The van der Waals surface area contributed by atoms with Crippen molar-refractivity contribution in [3.63, 3.8) is 0 Å². The summed E-state index contributed by atoms with van der Waals surface area (Å²) in [7, 11) is 0. The van der Waals surface area contributed by atoms with E-state index in [1.807, 2.05) is 24.3 Å². The summed E-state index contributed by atoms with van der Waals surface area (Å²) < 4.78 is 0. The number of rotatable bonds is 22. The molecular weight excluding hydrogens is 833 g/mol. The molecule has 10 N–H and O–H groups in total. The van der Waals surface area contributed by atoms with Crippen LogP contribution >= 0.6 is 0 Å². The summed E-state index contributed by atoms with van der Waals surface area (Å²) >= 11 is 0. The second-order valence-corrected chi connectivity index (χ2v) is 22.8. The van der Waals surface area contributed by atoms with E-state index in [1.54, 1.807) is 9.80 Å². The Morgan fingerprint density at radius 2 is 0.894 bits per heavy atom. The molecule has 66 heavy (non-hydrogen) atoms. The molecule has 0 unspecified atom stereocenters. The third kappa shape index (κ3) is 11.4. The fraction of sp³-hybridized carbons (Fsp3) is 0.760. The Morgan fingerprint density at radius 3 is 1.21 bits per heavy atom. The van der Waals surface area contributed by atoms with E-state index in [0.717, 1.165) is 85.4 Å². The van der Waals surface area contributed by atoms with Gasteiger partial charge in [-0.1, -0.05) is 0 Å². The summed E-state index contributed by atoms with van der Waals surface area (Å²) in [5, 5.41) is 6.86. The minimum atomic E-state index is -0.0933. The average molecular weight is 911 g/mol. The zero-order chi connectivity index (χ0) is 46.0. The Kier molecular flexibility index (Phi) is 14.2. The first-order chi connectivity index (χ1) is 31.7. The van der Waals surface area contributed by atoms with Gasteiger partial charge < -0.3 is 33.6 Å². The van der Waals surface area contributed by atoms with Crippen LogP contribution in [0.5, 0.6) is 0 Å². The molecule has 362 valence electrons. The monoisotopic (exact) mass is 911 g/mol. The molecule has 2 saturated heterocycles. The number of hydrogen-bond donors (Lipinski definition) is 6. The predicted molar refractivity (Wildman–Crippen MR) is 258 cm³/mol. The zero-order valence-electron chi connectivity index (χ0n) is 39.4. The second-order valence-electron chi connectivity index (χ2n) is 22.8. The summed E-state index contributed by atoms with van der Waals surface area (Å²) in [6.07, 6.45) is 21.4. The molecule has 2 aliphatic heterocycles. The van der Waals surface area contributed by atoms with Crippen LogP contribution in [0.1, 0.15) is 128 Å². The molecule has 4 amide bonds. The van der Waals surface area contributed by atoms with Crippen LogP contribution in [-0.4, -0.2) is 110 Å². The largest absolute Gasteiger partial charge is 0.370 e. The summed E-state index contributed by atoms with van der Waals surface area (Å²) in [6, 6.07) is 7.50. The molecule has 8 saturated carbocycles. The molecule has 1 aromatic carbocycles. The van der Waals surface area contributed by atoms with Gasteiger partial charge in [0.2, 0.25) is 23.6 Å². The van der Waals surface area contributed by atoms with Gasteiger partial charge in [-0.15, -0.1) is 0 Å². The van der Waals surface area contributed by atoms with Crippen molar-refractivity contribution in [2.75, 3.05) is 62.4 Å². The van der Waals surface area contributed by atoms with Crippen molar-refractivity contribution >= 4 is 46.9 Å². The molecule has 0 spiro atoms. The summed E-state index contributed by atoms with van der Waals surface area (Å²) in [6.45, 7) is 3.63. The van der Waals surface area contributed by atoms with Crippen molar-refractivity contribution in [2.45, 2.75) is 141 Å². The van der Waals surface area contributed by atoms with E-state index < -0.39 is 0 Å². The minimum absolute atomic E-state index is 0.00663. The lowest BCUT2D eigenvalue weighted by molar-refractivity contribution is -0.131. The molecule has 16 nitrogen and oxygen atoms in total. The van der Waals surface area contributed by atoms with Gasteiger partial charge >= 0.3 is 0 Å². The van der Waals surface area contributed by atoms with Crippen molar-refractivity contribution in [3.05, 3.63) is 24.3 Å². The van der Waals surface area contributed by atoms with Crippen molar-refractivity contribution < 1.29 is 19.2 Å². The van der Waals surface area contributed by atoms with E-state index in [9.17, 15) is 19.2 Å². The maximum atomic E-state index is 13.8. The molecule has 11 rings (SSSR count). The highest BCUT2D eigenvalue weighted by molar-refractivity contribution is 5.99. The zero-order valence-corrected chi connectivity index (χ0v) is 39.4. The molecule has 0 aromatic heterocycles. The van der Waals surface area contributed by atoms with Gasteiger partial charge in [0.1, 0.15) is 0 Å². The van der Waals surface area contributed by atoms with Crippen molar-refractivity contribution in [1.82, 2.24) is 20.4 Å². The number of anilines is 2. The first kappa shape index (κ1) is 46.7. The van der Waals surface area contributed by atoms with Crippen molar-refractivity contribution in [1.29, 1.82) is 0 Å². The third-order valence-corrected chi connectivity index (χ3v) is 17.1. The number of unbranched alkanes of at least 4 members (excludes halogenated alkanes) is 2. The Balaban J connectivity index is 0.785. The minimum Gasteiger partial charge on any atom is -0.370 e. The predicted octanol–water partition coefficient (Wildman–Crippen LogP) is 3.97. The molecule has 8 bridgehead atoms. The molecule has 2 atom stereocenters. The lowest BCUT2D eigenvalue weighted by Gasteiger charge is -2.56. The number of nitrogens with two attached hydrogens (primary N) is 4. The Labute approximate surface area is 391 Å². The van der Waals surface area contributed by atoms with E-state index in [4.69, 9.17) is 22.9 Å². The van der Waals surface area contributed by atoms with E-state index in [-0.39, 0.29) is 71.6 Å². The number of nitrogens with zero attached hydrogens (tertiary/aromatic N) is 6. The van der Waals surface area contributed by atoms with E-state index in [0.29, 0.717) is 52.4 Å². The fourth-order valence-electron chi connectivity index (χ4n) is 15.4. The maximum Gasteiger partial charge on any atom is 0.242 e. The van der Waals surface area contributed by atoms with Crippen molar-refractivity contribution in [2.24, 2.45) is 79.3 Å². The molecule has 10 aliphatic rings. The highest BCUT2D eigenvalue weighted by Crippen LogP contribution is 2.62. The van der Waals surface area contributed by atoms with Crippen LogP contribution in [0.15, 0.2) is 34.3 Å². The normalized spacial score (nSPS) is 31.9. The van der Waals surface area contributed by atoms with E-state index >= 15 is 0 Å². The smallest absolute Gasteiger partial charge is 0.242 e. The first-order valence-corrected chi connectivity index (χ1v) is 25.6. The number of carbonyl (C=O) groups is 4. The number of hydrogen-bond acceptors (Lipinski definition) is 8. The van der Waals surface area contributed by atoms with Crippen LogP contribution in [0, 0.1) is 46.3 Å². The first-order valence-electron chi connectivity index (χ1n) is 25.6. The highest BCUT2D eigenvalue weighted by atomic mass is 16.2. The van der Waals surface area contributed by atoms with Crippen molar-refractivity contribution in [3.8, 4) is 0 Å². The molecule has 0 radical (unpaired) electrons. The Morgan fingerprint density at radius 1 is 0.561 bits per heavy atom. The number of nitrogens with one attached hydrogen (secondary N) is 2. The van der Waals surface area contributed by atoms with Crippen LogP contribution < -0.4 is 43.4 Å². The summed E-state index contributed by atoms with van der Waals surface area (Å²) in [5.74, 6) is 5.23. The van der Waals surface area contributed by atoms with Gasteiger partial charge in [0.15, 0.2) is 11.9 Å². The van der Waals surface area contributed by atoms with Gasteiger partial charge in [0.05, 0.1) is 26.4 Å². The summed E-state index contributed by atoms with van der Waals surface area (Å²) in [5.41, 5.74) is 24.1. The number of aliphatic imine (C=N–C) groups is 2. The molecule has 1 aromatic rings. The topological polar surface area (TPSA) is 234 Å². The van der Waals surface area contributed by atoms with Gasteiger partial charge in [0.25, 0.3) is 0 Å². The Bertz CT molecular complexity index is 1770. The lowest BCUT2D eigenvalue weighted by atomic mass is 9.49. The lowest BCUT2D eigenvalue weighted by Crippen LogP contribution is -2.50. The SMILES string of the molecule is NC(N)=NCCCC[C@@H](CN1CC(=O)N(c2ccc(N3CN(C[C@H](CCCCN=C(N)N)NC(=O)CC45CC6CC(CC(C6)C4)C5)CC3=O)cc2)C1)NC(=O)CC12CC3CC(CC(C3)C1)C2. The fourth-order valence-corrected chi connectivity index (χ4v) is 15.4. The van der Waals surface area contributed by atoms with Gasteiger partial charge in [-0.05, 0) is 186 Å². The molecular formula is C50H78N12O4. The van der Waals surface area contributed by atoms with Gasteiger partial charge in [0, 0.05) is 62.5 Å². The number of carbonyl (C=O) groups excluding carboxylic acids is 4. The van der Waals surface area contributed by atoms with Gasteiger partial charge in [-0.25, -0.2) is 0 Å². The van der Waals surface area contributed by atoms with Crippen LogP contribution in [0.2, 0.25) is 0 Å². The third-order valence-electron chi connectivity index (χ3n) is 17.1. The van der Waals surface area contributed by atoms with Crippen LogP contribution in [0.3, 0.4) is 0 Å². The van der Waals surface area contributed by atoms with Gasteiger partial charge in [-0.2, -0.15) is 0 Å². The number of amides is 4. The Hall–Kier alpha value is -4.44. The maximum absolute atomic E-state index is 13.8. The molecule has 2 heterocycles. The van der Waals surface area contributed by atoms with Crippen LogP contribution in [0.4, 0.5) is 11.4 Å². The van der Waals surface area contributed by atoms with Gasteiger partial charge in [-0.3, -0.25) is 48.8 Å². The van der Waals surface area contributed by atoms with Crippen LogP contribution in [0.25, 0.3) is 0 Å². The quantitative estimate of drug-likeness (QED) is 0.0557. The van der Waals surface area contributed by atoms with E-state index in [1.165, 1.54) is 77.0 Å². The molecule has 10 fully saturated rings. The standard InChI is InChI=1S/C50H78N12O4/c51-47(52)55-11-3-1-5-39(57-43(63)25-49-19-33-13-34(20-49)15-35(14-33)21-49)27-59-29-45(65)61(31-59)41-7-9-42(10-8-41)62-32-60(30-46(62)66)28-40(6-2-4-12-56-48(53)54)58-44(64)26-50-22-36-16-37(23-50)18-38(17-36)24-50/h7-10,33-40H,1-6,11-32H2,(H,57,63)(H,58,64)(H4,51,52,55)(H4,53,54,56)/t33?,34?,35?,36?,37?,38?,39-,40-,49?,50?/m0/s1. The molecule has 8 aliphatic carbocycles. The highest BCUT2D eigenvalue weighted by Gasteiger charge is 2.53.